The van der Waals surface area contributed by atoms with Crippen LogP contribution in [0.1, 0.15) is 67.7 Å². The molecule has 0 rings (SSSR count). The van der Waals surface area contributed by atoms with Crippen LogP contribution in [0.2, 0.25) is 0 Å². The summed E-state index contributed by atoms with van der Waals surface area (Å²) in [5, 5.41) is 0. The van der Waals surface area contributed by atoms with E-state index in [1.54, 1.807) is 0 Å². The third-order valence-corrected chi connectivity index (χ3v) is 5.80. The molecule has 0 aliphatic rings. The Hall–Kier alpha value is -4.40. The van der Waals surface area contributed by atoms with E-state index in [0.29, 0.717) is 0 Å². The molecule has 22 heteroatoms. The molecule has 53 heavy (non-hydrogen) atoms. The van der Waals surface area contributed by atoms with Crippen LogP contribution in [-0.4, -0.2) is 104 Å². The van der Waals surface area contributed by atoms with Crippen LogP contribution in [0, 0.1) is 0 Å². The van der Waals surface area contributed by atoms with Crippen molar-refractivity contribution in [1.82, 2.24) is 0 Å². The number of esters is 6. The number of hydrogen-bond acceptors (Lipinski definition) is 12. The van der Waals surface area contributed by atoms with E-state index in [1.165, 1.54) is 27.7 Å². The van der Waals surface area contributed by atoms with Crippen LogP contribution in [0.25, 0.3) is 0 Å². The van der Waals surface area contributed by atoms with E-state index in [2.05, 4.69) is 36.8 Å². The maximum Gasteiger partial charge on any atom is 0.350 e. The van der Waals surface area contributed by atoms with Crippen LogP contribution in [0.4, 0.5) is 43.9 Å². The predicted octanol–water partition coefficient (Wildman–Crippen LogP) is 5.94. The first-order valence-electron chi connectivity index (χ1n) is 14.8. The minimum Gasteiger partial charge on any atom is -0.463 e. The second-order valence-corrected chi connectivity index (χ2v) is 12.2. The number of rotatable bonds is 20. The van der Waals surface area contributed by atoms with Gasteiger partial charge in [0.25, 0.3) is 5.92 Å². The van der Waals surface area contributed by atoms with E-state index in [-0.39, 0.29) is 18.1 Å². The Bertz CT molecular complexity index is 1340. The number of alkyl halides is 10. The highest BCUT2D eigenvalue weighted by atomic mass is 19.3. The van der Waals surface area contributed by atoms with Gasteiger partial charge < -0.3 is 28.4 Å². The fourth-order valence-corrected chi connectivity index (χ4v) is 2.88. The van der Waals surface area contributed by atoms with Gasteiger partial charge in [0.1, 0.15) is 0 Å². The van der Waals surface area contributed by atoms with E-state index >= 15 is 0 Å². The minimum atomic E-state index is -4.98. The zero-order chi connectivity index (χ0) is 42.4. The second-order valence-electron chi connectivity index (χ2n) is 12.2. The van der Waals surface area contributed by atoms with Gasteiger partial charge in [0.05, 0.1) is 13.0 Å². The molecule has 0 radical (unpaired) electrons. The van der Waals surface area contributed by atoms with Crippen molar-refractivity contribution in [2.45, 2.75) is 109 Å². The third kappa shape index (κ3) is 19.9. The molecule has 0 fully saturated rings. The number of carbonyl (C=O) groups excluding carboxylic acids is 6. The fourth-order valence-electron chi connectivity index (χ4n) is 2.88. The molecule has 0 aliphatic carbocycles. The van der Waals surface area contributed by atoms with Crippen molar-refractivity contribution >= 4 is 35.8 Å². The van der Waals surface area contributed by atoms with Gasteiger partial charge in [-0.2, -0.15) is 8.78 Å². The monoisotopic (exact) mass is 794 g/mol. The summed E-state index contributed by atoms with van der Waals surface area (Å²) in [6.45, 7) is 9.35. The van der Waals surface area contributed by atoms with Crippen molar-refractivity contribution in [3.8, 4) is 0 Å². The molecule has 0 aromatic heterocycles. The maximum absolute atomic E-state index is 13.3. The largest absolute Gasteiger partial charge is 0.463 e. The van der Waals surface area contributed by atoms with Gasteiger partial charge in [-0.1, -0.05) is 13.2 Å². The molecule has 0 saturated carbocycles. The molecule has 12 nitrogen and oxygen atoms in total. The van der Waals surface area contributed by atoms with Crippen molar-refractivity contribution < 1.29 is 101 Å². The van der Waals surface area contributed by atoms with Crippen molar-refractivity contribution in [1.29, 1.82) is 0 Å². The zero-order valence-corrected chi connectivity index (χ0v) is 29.6. The molecule has 0 unspecified atom stereocenters. The lowest BCUT2D eigenvalue weighted by Gasteiger charge is -2.26. The Morgan fingerprint density at radius 3 is 1.34 bits per heavy atom. The summed E-state index contributed by atoms with van der Waals surface area (Å²) in [5.74, 6) is -24.5. The Morgan fingerprint density at radius 1 is 0.623 bits per heavy atom. The molecule has 0 aromatic carbocycles. The van der Waals surface area contributed by atoms with Gasteiger partial charge in [0.15, 0.2) is 19.8 Å². The fraction of sp³-hybridized carbons (Fsp3) is 0.677. The van der Waals surface area contributed by atoms with E-state index in [0.717, 1.165) is 13.8 Å². The Kier molecular flexibility index (Phi) is 19.3. The van der Waals surface area contributed by atoms with Gasteiger partial charge in [-0.15, -0.1) is 0 Å². The van der Waals surface area contributed by atoms with Crippen molar-refractivity contribution in [2.75, 3.05) is 26.4 Å². The molecule has 0 atom stereocenters. The van der Waals surface area contributed by atoms with Gasteiger partial charge in [-0.3, -0.25) is 0 Å². The molecule has 0 bridgehead atoms. The molecule has 0 saturated heterocycles. The van der Waals surface area contributed by atoms with Crippen LogP contribution in [0.3, 0.4) is 0 Å². The zero-order valence-electron chi connectivity index (χ0n) is 29.6. The highest BCUT2D eigenvalue weighted by Crippen LogP contribution is 2.37. The average molecular weight is 795 g/mol. The van der Waals surface area contributed by atoms with Crippen LogP contribution in [0.15, 0.2) is 24.3 Å². The van der Waals surface area contributed by atoms with Crippen molar-refractivity contribution in [2.24, 2.45) is 0 Å². The van der Waals surface area contributed by atoms with E-state index in [9.17, 15) is 72.7 Å². The topological polar surface area (TPSA) is 158 Å². The molecule has 0 aromatic rings. The number of halogens is 10. The Balaban J connectivity index is 0. The summed E-state index contributed by atoms with van der Waals surface area (Å²) in [7, 11) is 0. The highest BCUT2D eigenvalue weighted by Gasteiger charge is 2.52. The number of carbonyl (C=O) groups is 6. The standard InChI is InChI=1S/C16H22F4O6.C15H18F6O6/c1-10(2)12(22)25-9-11(21)26-14(3,4)13(23)24-8-6-7-16(19,20)15(5,17)18;1-8(2)10(23)25-5-9(22)27-13(3,4)12(24)26-7-14(18,19)6-15(20,21)11(16)17/h1,6-9H2,2-5H3;11H,1,5-7H2,2-4H3. The van der Waals surface area contributed by atoms with E-state index in [1.807, 2.05) is 0 Å². The smallest absolute Gasteiger partial charge is 0.350 e. The van der Waals surface area contributed by atoms with Crippen molar-refractivity contribution in [3.05, 3.63) is 24.3 Å². The molecular weight excluding hydrogens is 754 g/mol. The van der Waals surface area contributed by atoms with Crippen LogP contribution < -0.4 is 0 Å². The van der Waals surface area contributed by atoms with E-state index < -0.39 is 123 Å². The normalized spacial score (nSPS) is 12.4. The van der Waals surface area contributed by atoms with Gasteiger partial charge in [-0.05, 0) is 48.0 Å². The highest BCUT2D eigenvalue weighted by molar-refractivity contribution is 5.90. The minimum absolute atomic E-state index is 0.0238. The SMILES string of the molecule is C=C(C)C(=O)OCC(=O)OC(C)(C)C(=O)OCC(F)(F)CC(F)(F)C(F)F.C=C(C)C(=O)OCC(=O)OC(C)(C)C(=O)OCCCC(F)(F)C(C)(F)F. The van der Waals surface area contributed by atoms with E-state index in [4.69, 9.17) is 4.74 Å². The summed E-state index contributed by atoms with van der Waals surface area (Å²) < 4.78 is 154. The lowest BCUT2D eigenvalue weighted by molar-refractivity contribution is -0.204. The van der Waals surface area contributed by atoms with Gasteiger partial charge in [-0.25, -0.2) is 63.9 Å². The molecule has 306 valence electrons. The second kappa shape index (κ2) is 20.2. The van der Waals surface area contributed by atoms with Crippen LogP contribution in [-0.2, 0) is 57.2 Å². The summed E-state index contributed by atoms with van der Waals surface area (Å²) in [6.07, 6.45) is -8.55. The molecular formula is C31H40F10O12. The van der Waals surface area contributed by atoms with Gasteiger partial charge in [0, 0.05) is 24.5 Å². The van der Waals surface area contributed by atoms with Crippen LogP contribution >= 0.6 is 0 Å². The van der Waals surface area contributed by atoms with Crippen LogP contribution in [0.5, 0.6) is 0 Å². The molecule has 0 amide bonds. The van der Waals surface area contributed by atoms with Gasteiger partial charge in [0.2, 0.25) is 11.2 Å². The predicted molar refractivity (Wildman–Crippen MR) is 159 cm³/mol. The number of hydrogen-bond donors (Lipinski definition) is 0. The molecule has 0 heterocycles. The summed E-state index contributed by atoms with van der Waals surface area (Å²) >= 11 is 0. The molecule has 0 spiro atoms. The Labute approximate surface area is 297 Å². The molecule has 0 aliphatic heterocycles. The first-order chi connectivity index (χ1) is 23.6. The average Bonchev–Trinajstić information content (AvgIpc) is 2.97. The number of ether oxygens (including phenoxy) is 6. The van der Waals surface area contributed by atoms with Gasteiger partial charge >= 0.3 is 60.0 Å². The summed E-state index contributed by atoms with van der Waals surface area (Å²) in [4.78, 5) is 68.8. The third-order valence-electron chi connectivity index (χ3n) is 5.80. The maximum atomic E-state index is 13.3. The molecule has 0 N–H and O–H groups in total. The quantitative estimate of drug-likeness (QED) is 0.0471. The van der Waals surface area contributed by atoms with Crippen molar-refractivity contribution in [3.63, 3.8) is 0 Å². The lowest BCUT2D eigenvalue weighted by Crippen LogP contribution is -2.43. The summed E-state index contributed by atoms with van der Waals surface area (Å²) in [6, 6.07) is 0. The first-order valence-corrected chi connectivity index (χ1v) is 14.8. The first kappa shape index (κ1) is 50.7. The summed E-state index contributed by atoms with van der Waals surface area (Å²) in [5.41, 5.74) is -3.90. The lowest BCUT2D eigenvalue weighted by atomic mass is 10.1. The Morgan fingerprint density at radius 2 is 1.00 bits per heavy atom.